The van der Waals surface area contributed by atoms with E-state index in [1.165, 1.54) is 0 Å². The van der Waals surface area contributed by atoms with Crippen LogP contribution in [0.3, 0.4) is 0 Å². The van der Waals surface area contributed by atoms with Crippen LogP contribution in [0.1, 0.15) is 24.8 Å². The van der Waals surface area contributed by atoms with Crippen LogP contribution in [-0.4, -0.2) is 42.8 Å². The molecule has 21 heavy (non-hydrogen) atoms. The van der Waals surface area contributed by atoms with E-state index in [-0.39, 0.29) is 18.1 Å². The maximum absolute atomic E-state index is 12.3. The zero-order valence-corrected chi connectivity index (χ0v) is 12.9. The van der Waals surface area contributed by atoms with Crippen molar-refractivity contribution < 1.29 is 14.6 Å². The number of methoxy groups -OCH3 is 1. The minimum atomic E-state index is -0.284. The SMILES string of the molecule is COc1ccc(C)cc1NC(=O)N(C)CC1CCCC1O. The first-order chi connectivity index (χ1) is 10.0. The summed E-state index contributed by atoms with van der Waals surface area (Å²) < 4.78 is 5.26. The number of amides is 2. The summed E-state index contributed by atoms with van der Waals surface area (Å²) in [5.74, 6) is 0.823. The zero-order valence-electron chi connectivity index (χ0n) is 12.9. The van der Waals surface area contributed by atoms with Crippen molar-refractivity contribution in [2.24, 2.45) is 5.92 Å². The van der Waals surface area contributed by atoms with Gasteiger partial charge in [-0.15, -0.1) is 0 Å². The standard InChI is InChI=1S/C16H24N2O3/c1-11-7-8-15(21-3)13(9-11)17-16(20)18(2)10-12-5-4-6-14(12)19/h7-9,12,14,19H,4-6,10H2,1-3H3,(H,17,20). The van der Waals surface area contributed by atoms with Crippen molar-refractivity contribution in [3.63, 3.8) is 0 Å². The quantitative estimate of drug-likeness (QED) is 0.896. The Kier molecular flexibility index (Phi) is 5.07. The molecule has 116 valence electrons. The van der Waals surface area contributed by atoms with E-state index in [9.17, 15) is 9.90 Å². The lowest BCUT2D eigenvalue weighted by molar-refractivity contribution is 0.116. The van der Waals surface area contributed by atoms with Gasteiger partial charge in [0.2, 0.25) is 0 Å². The highest BCUT2D eigenvalue weighted by molar-refractivity contribution is 5.91. The number of hydrogen-bond acceptors (Lipinski definition) is 3. The highest BCUT2D eigenvalue weighted by atomic mass is 16.5. The number of nitrogens with zero attached hydrogens (tertiary/aromatic N) is 1. The Morgan fingerprint density at radius 1 is 1.48 bits per heavy atom. The van der Waals surface area contributed by atoms with Crippen molar-refractivity contribution >= 4 is 11.7 Å². The molecule has 2 rings (SSSR count). The number of aryl methyl sites for hydroxylation is 1. The number of anilines is 1. The van der Waals surface area contributed by atoms with E-state index < -0.39 is 0 Å². The first-order valence-electron chi connectivity index (χ1n) is 7.36. The molecule has 0 bridgehead atoms. The van der Waals surface area contributed by atoms with Crippen LogP contribution in [0.4, 0.5) is 10.5 Å². The van der Waals surface area contributed by atoms with Crippen molar-refractivity contribution in [2.75, 3.05) is 26.0 Å². The lowest BCUT2D eigenvalue weighted by atomic mass is 10.1. The molecule has 1 fully saturated rings. The summed E-state index contributed by atoms with van der Waals surface area (Å²) in [7, 11) is 3.33. The van der Waals surface area contributed by atoms with Gasteiger partial charge in [-0.25, -0.2) is 4.79 Å². The molecule has 1 saturated carbocycles. The smallest absolute Gasteiger partial charge is 0.321 e. The van der Waals surface area contributed by atoms with E-state index in [4.69, 9.17) is 4.74 Å². The van der Waals surface area contributed by atoms with Crippen LogP contribution in [0.5, 0.6) is 5.75 Å². The second-order valence-corrected chi connectivity index (χ2v) is 5.77. The number of urea groups is 1. The lowest BCUT2D eigenvalue weighted by Crippen LogP contribution is -2.37. The Balaban J connectivity index is 1.98. The van der Waals surface area contributed by atoms with Gasteiger partial charge in [-0.05, 0) is 37.5 Å². The normalized spacial score (nSPS) is 21.1. The zero-order chi connectivity index (χ0) is 15.4. The van der Waals surface area contributed by atoms with E-state index in [1.807, 2.05) is 25.1 Å². The number of carbonyl (C=O) groups is 1. The van der Waals surface area contributed by atoms with Gasteiger partial charge in [0, 0.05) is 19.5 Å². The summed E-state index contributed by atoms with van der Waals surface area (Å²) in [5, 5.41) is 12.7. The Morgan fingerprint density at radius 3 is 2.86 bits per heavy atom. The summed E-state index contributed by atoms with van der Waals surface area (Å²) in [6, 6.07) is 5.48. The second-order valence-electron chi connectivity index (χ2n) is 5.77. The summed E-state index contributed by atoms with van der Waals surface area (Å²) in [4.78, 5) is 13.9. The van der Waals surface area contributed by atoms with Crippen LogP contribution in [0.25, 0.3) is 0 Å². The molecule has 2 amide bonds. The molecular weight excluding hydrogens is 268 g/mol. The molecule has 1 aromatic rings. The molecule has 1 aliphatic rings. The van der Waals surface area contributed by atoms with E-state index in [1.54, 1.807) is 19.1 Å². The van der Waals surface area contributed by atoms with Crippen LogP contribution in [0.15, 0.2) is 18.2 Å². The number of ether oxygens (including phenoxy) is 1. The number of nitrogens with one attached hydrogen (secondary N) is 1. The topological polar surface area (TPSA) is 61.8 Å². The highest BCUT2D eigenvalue weighted by Gasteiger charge is 2.27. The second kappa shape index (κ2) is 6.80. The number of aliphatic hydroxyl groups excluding tert-OH is 1. The summed E-state index contributed by atoms with van der Waals surface area (Å²) in [6.07, 6.45) is 2.57. The Hall–Kier alpha value is -1.75. The molecule has 5 nitrogen and oxygen atoms in total. The monoisotopic (exact) mass is 292 g/mol. The lowest BCUT2D eigenvalue weighted by Gasteiger charge is -2.24. The van der Waals surface area contributed by atoms with Gasteiger partial charge >= 0.3 is 6.03 Å². The van der Waals surface area contributed by atoms with Gasteiger partial charge in [0.25, 0.3) is 0 Å². The first kappa shape index (κ1) is 15.6. The van der Waals surface area contributed by atoms with E-state index in [0.29, 0.717) is 18.0 Å². The Morgan fingerprint density at radius 2 is 2.24 bits per heavy atom. The number of hydrogen-bond donors (Lipinski definition) is 2. The third-order valence-corrected chi connectivity index (χ3v) is 4.07. The minimum Gasteiger partial charge on any atom is -0.495 e. The number of rotatable bonds is 4. The maximum Gasteiger partial charge on any atom is 0.321 e. The van der Waals surface area contributed by atoms with Crippen LogP contribution >= 0.6 is 0 Å². The molecule has 2 N–H and O–H groups in total. The minimum absolute atomic E-state index is 0.181. The van der Waals surface area contributed by atoms with Gasteiger partial charge < -0.3 is 20.1 Å². The Labute approximate surface area is 125 Å². The van der Waals surface area contributed by atoms with Crippen molar-refractivity contribution in [3.05, 3.63) is 23.8 Å². The fourth-order valence-electron chi connectivity index (χ4n) is 2.80. The fraction of sp³-hybridized carbons (Fsp3) is 0.562. The van der Waals surface area contributed by atoms with E-state index in [2.05, 4.69) is 5.32 Å². The fourth-order valence-corrected chi connectivity index (χ4v) is 2.80. The molecule has 2 unspecified atom stereocenters. The molecular formula is C16H24N2O3. The summed E-state index contributed by atoms with van der Waals surface area (Å²) in [5.41, 5.74) is 1.72. The molecule has 0 aliphatic heterocycles. The van der Waals surface area contributed by atoms with Gasteiger partial charge in [0.15, 0.2) is 0 Å². The van der Waals surface area contributed by atoms with Crippen LogP contribution in [-0.2, 0) is 0 Å². The largest absolute Gasteiger partial charge is 0.495 e. The van der Waals surface area contributed by atoms with Gasteiger partial charge in [0.05, 0.1) is 18.9 Å². The number of aliphatic hydroxyl groups is 1. The van der Waals surface area contributed by atoms with Crippen LogP contribution < -0.4 is 10.1 Å². The van der Waals surface area contributed by atoms with E-state index >= 15 is 0 Å². The van der Waals surface area contributed by atoms with Gasteiger partial charge in [0.1, 0.15) is 5.75 Å². The Bertz CT molecular complexity index is 504. The highest BCUT2D eigenvalue weighted by Crippen LogP contribution is 2.27. The van der Waals surface area contributed by atoms with Crippen molar-refractivity contribution in [1.82, 2.24) is 4.90 Å². The van der Waals surface area contributed by atoms with Gasteiger partial charge in [-0.3, -0.25) is 0 Å². The van der Waals surface area contributed by atoms with E-state index in [0.717, 1.165) is 24.8 Å². The van der Waals surface area contributed by atoms with Crippen LogP contribution in [0, 0.1) is 12.8 Å². The van der Waals surface area contributed by atoms with Crippen LogP contribution in [0.2, 0.25) is 0 Å². The van der Waals surface area contributed by atoms with Crippen molar-refractivity contribution in [1.29, 1.82) is 0 Å². The average molecular weight is 292 g/mol. The molecule has 1 aliphatic carbocycles. The first-order valence-corrected chi connectivity index (χ1v) is 7.36. The molecule has 0 heterocycles. The predicted molar refractivity (Wildman–Crippen MR) is 82.7 cm³/mol. The summed E-state index contributed by atoms with van der Waals surface area (Å²) >= 11 is 0. The number of carbonyl (C=O) groups excluding carboxylic acids is 1. The molecule has 0 aromatic heterocycles. The van der Waals surface area contributed by atoms with Crippen molar-refractivity contribution in [2.45, 2.75) is 32.3 Å². The molecule has 0 radical (unpaired) electrons. The number of benzene rings is 1. The molecule has 1 aromatic carbocycles. The van der Waals surface area contributed by atoms with Gasteiger partial charge in [-0.1, -0.05) is 12.5 Å². The molecule has 2 atom stereocenters. The predicted octanol–water partition coefficient (Wildman–Crippen LogP) is 2.63. The maximum atomic E-state index is 12.3. The molecule has 0 spiro atoms. The van der Waals surface area contributed by atoms with Crippen molar-refractivity contribution in [3.8, 4) is 5.75 Å². The molecule has 5 heteroatoms. The third-order valence-electron chi connectivity index (χ3n) is 4.07. The third kappa shape index (κ3) is 3.88. The molecule has 0 saturated heterocycles. The average Bonchev–Trinajstić information content (AvgIpc) is 2.84. The summed E-state index contributed by atoms with van der Waals surface area (Å²) in [6.45, 7) is 2.54. The van der Waals surface area contributed by atoms with Gasteiger partial charge in [-0.2, -0.15) is 0 Å².